The van der Waals surface area contributed by atoms with E-state index >= 15 is 0 Å². The van der Waals surface area contributed by atoms with Crippen LogP contribution in [0.2, 0.25) is 0 Å². The summed E-state index contributed by atoms with van der Waals surface area (Å²) in [4.78, 5) is 96.5. The van der Waals surface area contributed by atoms with Crippen molar-refractivity contribution in [3.8, 4) is 0 Å². The predicted molar refractivity (Wildman–Crippen MR) is 273 cm³/mol. The van der Waals surface area contributed by atoms with Crippen LogP contribution >= 0.6 is 0 Å². The van der Waals surface area contributed by atoms with Gasteiger partial charge in [0.2, 0.25) is 17.7 Å². The zero-order chi connectivity index (χ0) is 51.1. The van der Waals surface area contributed by atoms with Gasteiger partial charge in [-0.05, 0) is 136 Å². The van der Waals surface area contributed by atoms with Crippen LogP contribution in [0.25, 0.3) is 0 Å². The number of carbonyl (C=O) groups is 5. The Morgan fingerprint density at radius 1 is 0.718 bits per heavy atom. The summed E-state index contributed by atoms with van der Waals surface area (Å²) in [6.45, 7) is 15.6. The summed E-state index contributed by atoms with van der Waals surface area (Å²) >= 11 is 0. The van der Waals surface area contributed by atoms with Gasteiger partial charge in [0.1, 0.15) is 12.1 Å². The normalized spacial score (nSPS) is 21.0. The Morgan fingerprint density at radius 3 is 1.89 bits per heavy atom. The number of pyridine rings is 3. The molecule has 3 aliphatic rings. The van der Waals surface area contributed by atoms with Gasteiger partial charge >= 0.3 is 11.9 Å². The van der Waals surface area contributed by atoms with Crippen molar-refractivity contribution in [3.05, 3.63) is 112 Å². The van der Waals surface area contributed by atoms with E-state index in [4.69, 9.17) is 0 Å². The Balaban J connectivity index is 1.13. The highest BCUT2D eigenvalue weighted by Crippen LogP contribution is 2.47. The molecule has 3 aromatic heterocycles. The van der Waals surface area contributed by atoms with Crippen LogP contribution in [0.5, 0.6) is 0 Å². The number of carboxylic acid groups (broad SMARTS) is 2. The Kier molecular flexibility index (Phi) is 17.0. The van der Waals surface area contributed by atoms with Crippen LogP contribution in [0.3, 0.4) is 0 Å². The summed E-state index contributed by atoms with van der Waals surface area (Å²) in [7, 11) is 0. The second-order valence-electron chi connectivity index (χ2n) is 20.9. The van der Waals surface area contributed by atoms with Crippen molar-refractivity contribution in [2.24, 2.45) is 17.8 Å². The zero-order valence-electron chi connectivity index (χ0n) is 42.3. The van der Waals surface area contributed by atoms with Crippen LogP contribution in [0.4, 0.5) is 17.1 Å². The molecule has 3 unspecified atom stereocenters. The van der Waals surface area contributed by atoms with Crippen molar-refractivity contribution in [1.82, 2.24) is 25.2 Å². The maximum Gasteiger partial charge on any atom is 0.305 e. The lowest BCUT2D eigenvalue weighted by atomic mass is 9.72. The van der Waals surface area contributed by atoms with E-state index < -0.39 is 54.3 Å². The van der Waals surface area contributed by atoms with E-state index in [2.05, 4.69) is 44.2 Å². The number of aryl methyl sites for hydroxylation is 1. The fourth-order valence-corrected chi connectivity index (χ4v) is 11.2. The molecule has 16 nitrogen and oxygen atoms in total. The number of rotatable bonds is 19. The summed E-state index contributed by atoms with van der Waals surface area (Å²) in [5.41, 5.74) is 4.84. The first-order valence-corrected chi connectivity index (χ1v) is 25.5. The van der Waals surface area contributed by atoms with E-state index in [1.807, 2.05) is 71.0 Å². The van der Waals surface area contributed by atoms with Gasteiger partial charge < -0.3 is 35.2 Å². The van der Waals surface area contributed by atoms with E-state index in [9.17, 15) is 39.0 Å². The number of hydrogen-bond donors (Lipinski definition) is 4. The Bertz CT molecular complexity index is 2620. The molecular formula is C55H72N8O8. The molecular weight excluding hydrogens is 901 g/mol. The average Bonchev–Trinajstić information content (AvgIpc) is 3.32. The van der Waals surface area contributed by atoms with Gasteiger partial charge in [0, 0.05) is 61.9 Å². The maximum atomic E-state index is 14.8. The fraction of sp³-hybridized carbons (Fsp3) is 0.527. The third-order valence-electron chi connectivity index (χ3n) is 14.7. The molecule has 0 aliphatic carbocycles. The highest BCUT2D eigenvalue weighted by atomic mass is 16.4. The summed E-state index contributed by atoms with van der Waals surface area (Å²) in [5, 5.41) is 26.2. The molecule has 0 bridgehead atoms. The molecule has 71 heavy (non-hydrogen) atoms. The van der Waals surface area contributed by atoms with Crippen molar-refractivity contribution in [3.63, 3.8) is 0 Å². The minimum atomic E-state index is -1.10. The molecule has 0 radical (unpaired) electrons. The van der Waals surface area contributed by atoms with Gasteiger partial charge in [-0.1, -0.05) is 45.9 Å². The maximum absolute atomic E-state index is 14.8. The third kappa shape index (κ3) is 12.5. The second kappa shape index (κ2) is 23.1. The minimum Gasteiger partial charge on any atom is -0.481 e. The number of hydrogen-bond acceptors (Lipinski definition) is 10. The molecule has 4 N–H and O–H groups in total. The number of aliphatic carboxylic acids is 2. The number of amides is 3. The summed E-state index contributed by atoms with van der Waals surface area (Å²) < 4.78 is 1.41. The van der Waals surface area contributed by atoms with Gasteiger partial charge in [-0.15, -0.1) is 0 Å². The molecule has 1 aromatic carbocycles. The lowest BCUT2D eigenvalue weighted by Gasteiger charge is -2.47. The lowest BCUT2D eigenvalue weighted by molar-refractivity contribution is -0.139. The van der Waals surface area contributed by atoms with Crippen molar-refractivity contribution in [2.45, 2.75) is 155 Å². The Labute approximate surface area is 417 Å². The average molecular weight is 973 g/mol. The van der Waals surface area contributed by atoms with Crippen LogP contribution in [-0.2, 0) is 24.0 Å². The predicted octanol–water partition coefficient (Wildman–Crippen LogP) is 8.12. The second-order valence-corrected chi connectivity index (χ2v) is 20.9. The first kappa shape index (κ1) is 52.2. The Morgan fingerprint density at radius 2 is 1.30 bits per heavy atom. The molecule has 0 saturated carbocycles. The quantitative estimate of drug-likeness (QED) is 0.0703. The molecule has 2 fully saturated rings. The van der Waals surface area contributed by atoms with Gasteiger partial charge in [0.15, 0.2) is 0 Å². The number of nitrogens with one attached hydrogen (secondary N) is 2. The highest BCUT2D eigenvalue weighted by molar-refractivity contribution is 6.03. The number of nitrogens with zero attached hydrogens (tertiary/aromatic N) is 6. The number of fused-ring (bicyclic) bond motifs is 1. The number of benzene rings is 1. The molecule has 3 aliphatic heterocycles. The van der Waals surface area contributed by atoms with Crippen LogP contribution in [0, 0.1) is 24.7 Å². The van der Waals surface area contributed by atoms with Gasteiger partial charge in [-0.25, -0.2) is 0 Å². The monoisotopic (exact) mass is 973 g/mol. The third-order valence-corrected chi connectivity index (χ3v) is 14.7. The summed E-state index contributed by atoms with van der Waals surface area (Å²) in [5.74, 6) is -3.35. The van der Waals surface area contributed by atoms with Gasteiger partial charge in [0.05, 0.1) is 48.7 Å². The molecule has 2 saturated heterocycles. The molecule has 7 rings (SSSR count). The van der Waals surface area contributed by atoms with Crippen molar-refractivity contribution in [1.29, 1.82) is 0 Å². The van der Waals surface area contributed by atoms with Gasteiger partial charge in [-0.2, -0.15) is 0 Å². The molecule has 0 spiro atoms. The van der Waals surface area contributed by atoms with Crippen molar-refractivity contribution in [2.75, 3.05) is 27.8 Å². The van der Waals surface area contributed by atoms with Gasteiger partial charge in [-0.3, -0.25) is 43.6 Å². The molecule has 8 atom stereocenters. The summed E-state index contributed by atoms with van der Waals surface area (Å²) in [6.07, 6.45) is 13.3. The minimum absolute atomic E-state index is 0.00138. The van der Waals surface area contributed by atoms with E-state index in [1.54, 1.807) is 42.0 Å². The van der Waals surface area contributed by atoms with Crippen LogP contribution in [-0.4, -0.2) is 85.6 Å². The van der Waals surface area contributed by atoms with Crippen molar-refractivity contribution < 1.29 is 34.2 Å². The number of carbonyl (C=O) groups excluding carboxylic acids is 3. The number of anilines is 3. The molecule has 6 heterocycles. The number of para-hydroxylation sites is 1. The Hall–Kier alpha value is -6.58. The fourth-order valence-electron chi connectivity index (χ4n) is 11.2. The number of carboxylic acids is 2. The van der Waals surface area contributed by atoms with E-state index in [1.165, 1.54) is 10.6 Å². The molecule has 4 aromatic rings. The first-order chi connectivity index (χ1) is 33.9. The smallest absolute Gasteiger partial charge is 0.305 e. The van der Waals surface area contributed by atoms with E-state index in [-0.39, 0.29) is 54.0 Å². The number of piperidine rings is 2. The number of aromatic nitrogens is 3. The SMILES string of the molecule is Cc1ccn([C@H](CC(C)C)C(=O)N[C@H](CC(=O)O)c2cncc(N3CCCC(C4CC(=O)N(C(CC(C)C)C(=O)N[C@@H](CC(=O)O)c5cncc(N6CCCC[C@@H]6C)c5)c5ccccc54)[C@@H]3C)c2)c(=O)c1. The van der Waals surface area contributed by atoms with Gasteiger partial charge in [0.25, 0.3) is 5.56 Å². The lowest BCUT2D eigenvalue weighted by Crippen LogP contribution is -2.54. The highest BCUT2D eigenvalue weighted by Gasteiger charge is 2.44. The molecule has 16 heteroatoms. The molecule has 3 amide bonds. The topological polar surface area (TPSA) is 207 Å². The van der Waals surface area contributed by atoms with E-state index in [0.29, 0.717) is 42.2 Å². The zero-order valence-corrected chi connectivity index (χ0v) is 42.3. The van der Waals surface area contributed by atoms with E-state index in [0.717, 1.165) is 61.2 Å². The van der Waals surface area contributed by atoms with Crippen LogP contribution in [0.15, 0.2) is 84.3 Å². The molecule has 380 valence electrons. The first-order valence-electron chi connectivity index (χ1n) is 25.5. The van der Waals surface area contributed by atoms with Crippen molar-refractivity contribution >= 4 is 46.7 Å². The van der Waals surface area contributed by atoms with Crippen LogP contribution < -0.4 is 30.9 Å². The summed E-state index contributed by atoms with van der Waals surface area (Å²) in [6, 6.07) is 11.5. The largest absolute Gasteiger partial charge is 0.481 e. The standard InChI is InChI=1S/C55H72N8O8/c1-33(2)21-48(62-20-17-35(5)23-50(62)64)54(70)58-45(27-52(66)67)39-25-41(32-57-30-39)61-19-12-15-42(37(61)7)44-26-51(65)63(47-16-9-8-14-43(44)47)49(22-34(3)4)55(71)59-46(28-53(68)69)38-24-40(31-56-29-38)60-18-11-10-13-36(60)6/h8-9,14,16-17,20,23-25,29-34,36-37,42,44-46,48-49H,10-13,15,18-19,21-22,26-28H2,1-7H3,(H,58,70)(H,59,71)(H,66,67)(H,68,69)/t36-,37-,42?,44?,45+,46-,48+,49?/m0/s1. The van der Waals surface area contributed by atoms with Crippen LogP contribution in [0.1, 0.15) is 152 Å².